The van der Waals surface area contributed by atoms with Gasteiger partial charge in [-0.1, -0.05) is 60.6 Å². The van der Waals surface area contributed by atoms with Crippen molar-refractivity contribution in [2.24, 2.45) is 5.10 Å². The van der Waals surface area contributed by atoms with Crippen molar-refractivity contribution >= 4 is 29.6 Å². The Morgan fingerprint density at radius 3 is 2.70 bits per heavy atom. The van der Waals surface area contributed by atoms with E-state index in [9.17, 15) is 0 Å². The molecule has 27 heavy (non-hydrogen) atoms. The highest BCUT2D eigenvalue weighted by Gasteiger charge is 2.11. The minimum absolute atomic E-state index is 0.575. The lowest BCUT2D eigenvalue weighted by Gasteiger charge is -2.07. The van der Waals surface area contributed by atoms with Gasteiger partial charge in [-0.3, -0.25) is 0 Å². The van der Waals surface area contributed by atoms with Gasteiger partial charge in [-0.2, -0.15) is 9.78 Å². The van der Waals surface area contributed by atoms with Gasteiger partial charge in [0, 0.05) is 6.42 Å². The molecule has 3 rings (SSSR count). The van der Waals surface area contributed by atoms with E-state index in [0.29, 0.717) is 23.8 Å². The summed E-state index contributed by atoms with van der Waals surface area (Å²) in [4.78, 5) is 0. The van der Waals surface area contributed by atoms with Crippen molar-refractivity contribution in [3.63, 3.8) is 0 Å². The summed E-state index contributed by atoms with van der Waals surface area (Å²) >= 11 is 7.81. The van der Waals surface area contributed by atoms with Gasteiger partial charge < -0.3 is 4.74 Å². The van der Waals surface area contributed by atoms with Gasteiger partial charge in [-0.05, 0) is 42.0 Å². The summed E-state index contributed by atoms with van der Waals surface area (Å²) in [5, 5.41) is 14.4. The number of halogens is 1. The first kappa shape index (κ1) is 19.5. The Morgan fingerprint density at radius 1 is 1.19 bits per heavy atom. The zero-order valence-electron chi connectivity index (χ0n) is 15.3. The van der Waals surface area contributed by atoms with Crippen LogP contribution in [0.15, 0.2) is 58.8 Å². The van der Waals surface area contributed by atoms with E-state index in [2.05, 4.69) is 34.4 Å². The molecule has 0 spiro atoms. The molecule has 140 valence electrons. The molecule has 0 N–H and O–H groups in total. The third kappa shape index (κ3) is 5.11. The molecule has 0 atom stereocenters. The molecule has 0 aliphatic rings. The van der Waals surface area contributed by atoms with Crippen molar-refractivity contribution < 1.29 is 4.74 Å². The number of ether oxygens (including phenoxy) is 1. The number of hydrogen-bond acceptors (Lipinski definition) is 5. The second-order valence-corrected chi connectivity index (χ2v) is 7.04. The molecular weight excluding hydrogens is 380 g/mol. The Balaban J connectivity index is 1.82. The van der Waals surface area contributed by atoms with Crippen molar-refractivity contribution in [3.8, 4) is 5.75 Å². The van der Waals surface area contributed by atoms with Crippen molar-refractivity contribution in [1.82, 2.24) is 14.9 Å². The molecule has 3 aromatic rings. The van der Waals surface area contributed by atoms with Crippen LogP contribution in [0.3, 0.4) is 0 Å². The third-order valence-electron chi connectivity index (χ3n) is 3.80. The molecule has 0 unspecified atom stereocenters. The van der Waals surface area contributed by atoms with Crippen LogP contribution in [-0.4, -0.2) is 34.0 Å². The minimum atomic E-state index is 0.575. The van der Waals surface area contributed by atoms with Crippen molar-refractivity contribution in [2.75, 3.05) is 12.9 Å². The highest BCUT2D eigenvalue weighted by molar-refractivity contribution is 7.98. The number of aromatic nitrogens is 3. The van der Waals surface area contributed by atoms with E-state index in [1.807, 2.05) is 42.7 Å². The largest absolute Gasteiger partial charge is 0.492 e. The van der Waals surface area contributed by atoms with E-state index in [1.54, 1.807) is 10.9 Å². The summed E-state index contributed by atoms with van der Waals surface area (Å²) in [6.45, 7) is 2.71. The summed E-state index contributed by atoms with van der Waals surface area (Å²) in [5.41, 5.74) is 2.05. The maximum absolute atomic E-state index is 6.30. The van der Waals surface area contributed by atoms with Crippen LogP contribution in [0.2, 0.25) is 5.02 Å². The van der Waals surface area contributed by atoms with Crippen LogP contribution < -0.4 is 4.74 Å². The molecule has 0 bridgehead atoms. The number of nitrogens with zero attached hydrogens (tertiary/aromatic N) is 4. The lowest BCUT2D eigenvalue weighted by molar-refractivity contribution is 0.317. The van der Waals surface area contributed by atoms with Gasteiger partial charge in [0.25, 0.3) is 0 Å². The summed E-state index contributed by atoms with van der Waals surface area (Å²) in [7, 11) is 0. The molecule has 2 aromatic carbocycles. The predicted octanol–water partition coefficient (Wildman–Crippen LogP) is 4.92. The van der Waals surface area contributed by atoms with E-state index >= 15 is 0 Å². The maximum Gasteiger partial charge on any atom is 0.211 e. The minimum Gasteiger partial charge on any atom is -0.492 e. The molecule has 7 heteroatoms. The summed E-state index contributed by atoms with van der Waals surface area (Å²) < 4.78 is 7.38. The second kappa shape index (κ2) is 9.58. The Morgan fingerprint density at radius 2 is 2.00 bits per heavy atom. The van der Waals surface area contributed by atoms with Crippen molar-refractivity contribution in [3.05, 3.63) is 70.5 Å². The van der Waals surface area contributed by atoms with E-state index in [0.717, 1.165) is 28.5 Å². The molecule has 1 aromatic heterocycles. The predicted molar refractivity (Wildman–Crippen MR) is 111 cm³/mol. The smallest absolute Gasteiger partial charge is 0.211 e. The van der Waals surface area contributed by atoms with Crippen LogP contribution in [0.25, 0.3) is 0 Å². The van der Waals surface area contributed by atoms with Crippen LogP contribution in [0, 0.1) is 0 Å². The fraction of sp³-hybridized carbons (Fsp3) is 0.250. The standard InChI is InChI=1S/C20H21ClN4OS/c1-3-11-26-18-10-9-16(12-17(18)21)14-22-25-19(23-24-20(25)27-2)13-15-7-5-4-6-8-15/h4-10,12,14H,3,11,13H2,1-2H3/b22-14-. The van der Waals surface area contributed by atoms with E-state index in [1.165, 1.54) is 11.8 Å². The Bertz CT molecular complexity index is 912. The fourth-order valence-electron chi connectivity index (χ4n) is 2.48. The van der Waals surface area contributed by atoms with Crippen molar-refractivity contribution in [1.29, 1.82) is 0 Å². The topological polar surface area (TPSA) is 52.3 Å². The van der Waals surface area contributed by atoms with Gasteiger partial charge in [0.05, 0.1) is 17.8 Å². The Labute approximate surface area is 168 Å². The third-order valence-corrected chi connectivity index (χ3v) is 4.72. The molecule has 1 heterocycles. The number of rotatable bonds is 8. The summed E-state index contributed by atoms with van der Waals surface area (Å²) in [6.07, 6.45) is 5.32. The summed E-state index contributed by atoms with van der Waals surface area (Å²) in [5.74, 6) is 1.48. The zero-order valence-corrected chi connectivity index (χ0v) is 16.9. The van der Waals surface area contributed by atoms with Crippen LogP contribution in [0.4, 0.5) is 0 Å². The first-order valence-corrected chi connectivity index (χ1v) is 10.3. The van der Waals surface area contributed by atoms with Gasteiger partial charge in [0.15, 0.2) is 5.82 Å². The van der Waals surface area contributed by atoms with Crippen LogP contribution >= 0.6 is 23.4 Å². The molecular formula is C20H21ClN4OS. The van der Waals surface area contributed by atoms with Gasteiger partial charge in [0.1, 0.15) is 5.75 Å². The van der Waals surface area contributed by atoms with Crippen LogP contribution in [0.5, 0.6) is 5.75 Å². The van der Waals surface area contributed by atoms with Crippen LogP contribution in [0.1, 0.15) is 30.3 Å². The average Bonchev–Trinajstić information content (AvgIpc) is 3.08. The lowest BCUT2D eigenvalue weighted by Crippen LogP contribution is -2.01. The quantitative estimate of drug-likeness (QED) is 0.398. The van der Waals surface area contributed by atoms with Crippen molar-refractivity contribution in [2.45, 2.75) is 24.9 Å². The second-order valence-electron chi connectivity index (χ2n) is 5.86. The Hall–Kier alpha value is -2.31. The van der Waals surface area contributed by atoms with E-state index in [-0.39, 0.29) is 0 Å². The normalized spacial score (nSPS) is 11.2. The number of benzene rings is 2. The first-order valence-electron chi connectivity index (χ1n) is 8.70. The average molecular weight is 401 g/mol. The van der Waals surface area contributed by atoms with Gasteiger partial charge >= 0.3 is 0 Å². The molecule has 0 fully saturated rings. The highest BCUT2D eigenvalue weighted by atomic mass is 35.5. The molecule has 0 amide bonds. The summed E-state index contributed by atoms with van der Waals surface area (Å²) in [6, 6.07) is 15.8. The SMILES string of the molecule is CCCOc1ccc(/C=N\n2c(Cc3ccccc3)nnc2SC)cc1Cl. The van der Waals surface area contributed by atoms with Gasteiger partial charge in [-0.15, -0.1) is 10.2 Å². The van der Waals surface area contributed by atoms with Gasteiger partial charge in [0.2, 0.25) is 5.16 Å². The molecule has 5 nitrogen and oxygen atoms in total. The zero-order chi connectivity index (χ0) is 19.1. The fourth-order valence-corrected chi connectivity index (χ4v) is 3.17. The maximum atomic E-state index is 6.30. The van der Waals surface area contributed by atoms with Gasteiger partial charge in [-0.25, -0.2) is 0 Å². The molecule has 0 saturated carbocycles. The monoisotopic (exact) mass is 400 g/mol. The van der Waals surface area contributed by atoms with E-state index < -0.39 is 0 Å². The molecule has 0 saturated heterocycles. The lowest BCUT2D eigenvalue weighted by atomic mass is 10.1. The Kier molecular flexibility index (Phi) is 6.90. The van der Waals surface area contributed by atoms with E-state index in [4.69, 9.17) is 16.3 Å². The first-order chi connectivity index (χ1) is 13.2. The molecule has 0 aliphatic carbocycles. The van der Waals surface area contributed by atoms with Crippen LogP contribution in [-0.2, 0) is 6.42 Å². The highest BCUT2D eigenvalue weighted by Crippen LogP contribution is 2.25. The number of thioether (sulfide) groups is 1. The molecule has 0 radical (unpaired) electrons. The molecule has 0 aliphatic heterocycles. The number of hydrogen-bond donors (Lipinski definition) is 0.